The van der Waals surface area contributed by atoms with Crippen molar-refractivity contribution < 1.29 is 22.7 Å². The smallest absolute Gasteiger partial charge is 0.338 e. The lowest BCUT2D eigenvalue weighted by Crippen LogP contribution is -2.27. The van der Waals surface area contributed by atoms with Gasteiger partial charge < -0.3 is 9.47 Å². The lowest BCUT2D eigenvalue weighted by molar-refractivity contribution is 0.0410. The summed E-state index contributed by atoms with van der Waals surface area (Å²) in [4.78, 5) is 12.4. The molecule has 0 N–H and O–H groups in total. The first-order valence-electron chi connectivity index (χ1n) is 9.82. The number of para-hydroxylation sites is 2. The van der Waals surface area contributed by atoms with E-state index in [1.165, 1.54) is 62.0 Å². The van der Waals surface area contributed by atoms with Gasteiger partial charge in [-0.15, -0.1) is 0 Å². The number of anilines is 1. The van der Waals surface area contributed by atoms with E-state index in [9.17, 15) is 13.2 Å². The van der Waals surface area contributed by atoms with Crippen molar-refractivity contribution >= 4 is 21.7 Å². The summed E-state index contributed by atoms with van der Waals surface area (Å²) in [6.45, 7) is 0.426. The standard InChI is InChI=1S/C22H27NO5S/c1-23(20-10-6-7-11-21(20)27-2)29(25,26)19-14-12-18(13-15-19)22(24)28-16-17-8-4-3-5-9-17/h6-7,10-15,17H,3-5,8-9,16H2,1-2H3. The first-order valence-corrected chi connectivity index (χ1v) is 11.3. The number of carbonyl (C=O) groups excluding carboxylic acids is 1. The van der Waals surface area contributed by atoms with Crippen LogP contribution in [-0.4, -0.2) is 35.2 Å². The van der Waals surface area contributed by atoms with Gasteiger partial charge in [0.2, 0.25) is 0 Å². The van der Waals surface area contributed by atoms with Crippen molar-refractivity contribution in [2.45, 2.75) is 37.0 Å². The Balaban J connectivity index is 1.70. The largest absolute Gasteiger partial charge is 0.495 e. The van der Waals surface area contributed by atoms with Crippen LogP contribution in [0.15, 0.2) is 53.4 Å². The van der Waals surface area contributed by atoms with E-state index in [1.807, 2.05) is 0 Å². The Morgan fingerprint density at radius 1 is 1.03 bits per heavy atom. The Kier molecular flexibility index (Phi) is 6.79. The number of rotatable bonds is 7. The molecule has 0 radical (unpaired) electrons. The molecule has 3 rings (SSSR count). The quantitative estimate of drug-likeness (QED) is 0.630. The van der Waals surface area contributed by atoms with Gasteiger partial charge in [0, 0.05) is 7.05 Å². The minimum atomic E-state index is -3.80. The van der Waals surface area contributed by atoms with Crippen molar-refractivity contribution in [2.75, 3.05) is 25.1 Å². The molecule has 6 nitrogen and oxygen atoms in total. The second-order valence-corrected chi connectivity index (χ2v) is 9.24. The second kappa shape index (κ2) is 9.31. The number of sulfonamides is 1. The van der Waals surface area contributed by atoms with Gasteiger partial charge in [-0.3, -0.25) is 4.31 Å². The highest BCUT2D eigenvalue weighted by Crippen LogP contribution is 2.31. The van der Waals surface area contributed by atoms with E-state index in [0.717, 1.165) is 12.8 Å². The van der Waals surface area contributed by atoms with E-state index < -0.39 is 16.0 Å². The van der Waals surface area contributed by atoms with Crippen LogP contribution in [0.4, 0.5) is 5.69 Å². The predicted molar refractivity (Wildman–Crippen MR) is 112 cm³/mol. The summed E-state index contributed by atoms with van der Waals surface area (Å²) in [5.74, 6) is 0.473. The number of nitrogens with zero attached hydrogens (tertiary/aromatic N) is 1. The third-order valence-electron chi connectivity index (χ3n) is 5.35. The molecule has 1 aliphatic rings. The number of ether oxygens (including phenoxy) is 2. The Labute approximate surface area is 172 Å². The fourth-order valence-corrected chi connectivity index (χ4v) is 4.78. The van der Waals surface area contributed by atoms with Gasteiger partial charge in [0.05, 0.1) is 29.9 Å². The van der Waals surface area contributed by atoms with E-state index in [1.54, 1.807) is 24.3 Å². The number of benzene rings is 2. The minimum absolute atomic E-state index is 0.0923. The van der Waals surface area contributed by atoms with Gasteiger partial charge >= 0.3 is 5.97 Å². The first kappa shape index (κ1) is 21.2. The van der Waals surface area contributed by atoms with Gasteiger partial charge in [0.15, 0.2) is 0 Å². The van der Waals surface area contributed by atoms with E-state index in [-0.39, 0.29) is 4.90 Å². The Hall–Kier alpha value is -2.54. The summed E-state index contributed by atoms with van der Waals surface area (Å²) in [5.41, 5.74) is 0.783. The normalized spacial score (nSPS) is 15.0. The molecule has 0 unspecified atom stereocenters. The Morgan fingerprint density at radius 3 is 2.34 bits per heavy atom. The summed E-state index contributed by atoms with van der Waals surface area (Å²) < 4.78 is 37.8. The number of methoxy groups -OCH3 is 1. The van der Waals surface area contributed by atoms with Crippen molar-refractivity contribution in [3.05, 3.63) is 54.1 Å². The van der Waals surface area contributed by atoms with E-state index in [0.29, 0.717) is 29.5 Å². The maximum absolute atomic E-state index is 13.0. The van der Waals surface area contributed by atoms with Crippen LogP contribution in [0, 0.1) is 5.92 Å². The van der Waals surface area contributed by atoms with E-state index >= 15 is 0 Å². The summed E-state index contributed by atoms with van der Waals surface area (Å²) in [7, 11) is -0.830. The molecule has 0 saturated heterocycles. The average Bonchev–Trinajstić information content (AvgIpc) is 2.77. The minimum Gasteiger partial charge on any atom is -0.495 e. The van der Waals surface area contributed by atoms with Crippen molar-refractivity contribution in [3.8, 4) is 5.75 Å². The van der Waals surface area contributed by atoms with Gasteiger partial charge in [-0.2, -0.15) is 0 Å². The van der Waals surface area contributed by atoms with Gasteiger partial charge in [0.1, 0.15) is 5.75 Å². The van der Waals surface area contributed by atoms with Crippen molar-refractivity contribution in [1.29, 1.82) is 0 Å². The fourth-order valence-electron chi connectivity index (χ4n) is 3.57. The highest BCUT2D eigenvalue weighted by molar-refractivity contribution is 7.92. The van der Waals surface area contributed by atoms with Crippen LogP contribution in [0.3, 0.4) is 0 Å². The van der Waals surface area contributed by atoms with Gasteiger partial charge in [-0.05, 0) is 55.2 Å². The molecule has 0 spiro atoms. The summed E-state index contributed by atoms with van der Waals surface area (Å²) in [6.07, 6.45) is 5.83. The third-order valence-corrected chi connectivity index (χ3v) is 7.13. The number of hydrogen-bond acceptors (Lipinski definition) is 5. The van der Waals surface area contributed by atoms with Gasteiger partial charge in [-0.1, -0.05) is 31.4 Å². The zero-order valence-corrected chi connectivity index (χ0v) is 17.7. The van der Waals surface area contributed by atoms with Crippen molar-refractivity contribution in [2.24, 2.45) is 5.92 Å². The Bertz CT molecular complexity index is 934. The molecule has 0 amide bonds. The zero-order chi connectivity index (χ0) is 20.9. The predicted octanol–water partition coefficient (Wildman–Crippen LogP) is 4.26. The molecule has 0 bridgehead atoms. The van der Waals surface area contributed by atoms with Crippen LogP contribution >= 0.6 is 0 Å². The fraction of sp³-hybridized carbons (Fsp3) is 0.409. The zero-order valence-electron chi connectivity index (χ0n) is 16.8. The third kappa shape index (κ3) is 4.90. The molecule has 1 saturated carbocycles. The molecule has 29 heavy (non-hydrogen) atoms. The molecule has 1 fully saturated rings. The Morgan fingerprint density at radius 2 is 1.69 bits per heavy atom. The number of hydrogen-bond donors (Lipinski definition) is 0. The van der Waals surface area contributed by atoms with Crippen LogP contribution < -0.4 is 9.04 Å². The molecule has 0 aromatic heterocycles. The van der Waals surface area contributed by atoms with Crippen LogP contribution in [0.2, 0.25) is 0 Å². The SMILES string of the molecule is COc1ccccc1N(C)S(=O)(=O)c1ccc(C(=O)OCC2CCCCC2)cc1. The summed E-state index contributed by atoms with van der Waals surface area (Å²) in [6, 6.07) is 12.7. The molecule has 0 aliphatic heterocycles. The molecule has 2 aromatic carbocycles. The van der Waals surface area contributed by atoms with E-state index in [4.69, 9.17) is 9.47 Å². The lowest BCUT2D eigenvalue weighted by Gasteiger charge is -2.22. The van der Waals surface area contributed by atoms with Crippen LogP contribution in [-0.2, 0) is 14.8 Å². The van der Waals surface area contributed by atoms with Crippen molar-refractivity contribution in [1.82, 2.24) is 0 Å². The molecular formula is C22H27NO5S. The highest BCUT2D eigenvalue weighted by atomic mass is 32.2. The monoisotopic (exact) mass is 417 g/mol. The lowest BCUT2D eigenvalue weighted by atomic mass is 9.90. The molecular weight excluding hydrogens is 390 g/mol. The molecule has 2 aromatic rings. The maximum atomic E-state index is 13.0. The summed E-state index contributed by atoms with van der Waals surface area (Å²) in [5, 5.41) is 0. The maximum Gasteiger partial charge on any atom is 0.338 e. The average molecular weight is 418 g/mol. The van der Waals surface area contributed by atoms with Crippen molar-refractivity contribution in [3.63, 3.8) is 0 Å². The van der Waals surface area contributed by atoms with Crippen LogP contribution in [0.1, 0.15) is 42.5 Å². The molecule has 0 heterocycles. The highest BCUT2D eigenvalue weighted by Gasteiger charge is 2.24. The van der Waals surface area contributed by atoms with Gasteiger partial charge in [-0.25, -0.2) is 13.2 Å². The number of carbonyl (C=O) groups is 1. The van der Waals surface area contributed by atoms with Gasteiger partial charge in [0.25, 0.3) is 10.0 Å². The second-order valence-electron chi connectivity index (χ2n) is 7.27. The topological polar surface area (TPSA) is 72.9 Å². The van der Waals surface area contributed by atoms with Crippen LogP contribution in [0.5, 0.6) is 5.75 Å². The molecule has 7 heteroatoms. The summed E-state index contributed by atoms with van der Waals surface area (Å²) >= 11 is 0. The molecule has 0 atom stereocenters. The van der Waals surface area contributed by atoms with Crippen LogP contribution in [0.25, 0.3) is 0 Å². The number of esters is 1. The first-order chi connectivity index (χ1) is 13.9. The van der Waals surface area contributed by atoms with E-state index in [2.05, 4.69) is 0 Å². The molecule has 1 aliphatic carbocycles. The molecule has 156 valence electrons.